The molecule has 27 heavy (non-hydrogen) atoms. The molecule has 4 aromatic rings. The van der Waals surface area contributed by atoms with Gasteiger partial charge in [-0.1, -0.05) is 36.4 Å². The summed E-state index contributed by atoms with van der Waals surface area (Å²) in [4.78, 5) is 16.7. The molecule has 7 heteroatoms. The third kappa shape index (κ3) is 3.47. The van der Waals surface area contributed by atoms with Crippen LogP contribution in [0.5, 0.6) is 0 Å². The third-order valence-electron chi connectivity index (χ3n) is 3.80. The number of thiazole rings is 1. The van der Waals surface area contributed by atoms with Crippen LogP contribution in [0.1, 0.15) is 5.01 Å². The summed E-state index contributed by atoms with van der Waals surface area (Å²) >= 11 is 1.24. The molecule has 0 bridgehead atoms. The summed E-state index contributed by atoms with van der Waals surface area (Å²) in [5.41, 5.74) is 4.59. The smallest absolute Gasteiger partial charge is 0.345 e. The minimum Gasteiger partial charge on any atom is -0.422 e. The lowest BCUT2D eigenvalue weighted by molar-refractivity contribution is 0.563. The Bertz CT molecular complexity index is 1240. The van der Waals surface area contributed by atoms with E-state index in [1.54, 1.807) is 23.6 Å². The lowest BCUT2D eigenvalue weighted by atomic mass is 10.1. The zero-order valence-corrected chi connectivity index (χ0v) is 14.7. The number of fused-ring (bicyclic) bond motifs is 1. The van der Waals surface area contributed by atoms with Crippen LogP contribution < -0.4 is 11.1 Å². The molecule has 1 N–H and O–H groups in total. The van der Waals surface area contributed by atoms with Gasteiger partial charge in [-0.2, -0.15) is 10.4 Å². The molecule has 0 radical (unpaired) electrons. The molecule has 0 saturated carbocycles. The summed E-state index contributed by atoms with van der Waals surface area (Å²) in [6.45, 7) is 0. The first kappa shape index (κ1) is 16.7. The molecule has 2 aromatic carbocycles. The molecular weight excluding hydrogens is 360 g/mol. The number of hydrogen-bond acceptors (Lipinski definition) is 7. The molecule has 2 heterocycles. The molecule has 0 amide bonds. The van der Waals surface area contributed by atoms with Crippen molar-refractivity contribution >= 4 is 33.7 Å². The van der Waals surface area contributed by atoms with Crippen LogP contribution in [-0.2, 0) is 0 Å². The number of anilines is 1. The molecular formula is C20H12N4O2S. The highest BCUT2D eigenvalue weighted by molar-refractivity contribution is 7.12. The quantitative estimate of drug-likeness (QED) is 0.328. The fourth-order valence-electron chi connectivity index (χ4n) is 2.50. The second-order valence-electron chi connectivity index (χ2n) is 5.57. The normalized spacial score (nSPS) is 11.3. The predicted octanol–water partition coefficient (Wildman–Crippen LogP) is 4.26. The predicted molar refractivity (Wildman–Crippen MR) is 106 cm³/mol. The van der Waals surface area contributed by atoms with Gasteiger partial charge in [0.1, 0.15) is 11.7 Å². The number of rotatable bonds is 4. The van der Waals surface area contributed by atoms with E-state index >= 15 is 0 Å². The van der Waals surface area contributed by atoms with Crippen LogP contribution in [0.2, 0.25) is 0 Å². The number of nitrogens with one attached hydrogen (secondary N) is 1. The van der Waals surface area contributed by atoms with E-state index in [-0.39, 0.29) is 5.71 Å². The molecule has 0 aliphatic heterocycles. The first-order valence-corrected chi connectivity index (χ1v) is 8.90. The maximum absolute atomic E-state index is 12.3. The number of aromatic nitrogens is 1. The molecule has 0 fully saturated rings. The minimum absolute atomic E-state index is 0.139. The van der Waals surface area contributed by atoms with E-state index in [1.807, 2.05) is 48.5 Å². The molecule has 2 aromatic heterocycles. The minimum atomic E-state index is -0.469. The van der Waals surface area contributed by atoms with Crippen molar-refractivity contribution in [3.05, 3.63) is 81.5 Å². The maximum Gasteiger partial charge on any atom is 0.345 e. The standard InChI is InChI=1S/C20H12N4O2S/c21-11-16(24-23-14-7-2-1-3-8-14)19-22-17(12-27-19)15-10-13-6-4-5-9-18(13)26-20(15)25/h1-10,12,23H. The molecule has 0 aliphatic rings. The number of hydrazone groups is 1. The van der Waals surface area contributed by atoms with Gasteiger partial charge in [0.25, 0.3) is 0 Å². The first-order chi connectivity index (χ1) is 13.2. The second-order valence-corrected chi connectivity index (χ2v) is 6.43. The molecule has 0 spiro atoms. The Labute approximate surface area is 158 Å². The van der Waals surface area contributed by atoms with Gasteiger partial charge >= 0.3 is 5.63 Å². The van der Waals surface area contributed by atoms with Crippen molar-refractivity contribution in [2.75, 3.05) is 5.43 Å². The Morgan fingerprint density at radius 2 is 1.93 bits per heavy atom. The SMILES string of the molecule is N#CC(=NNc1ccccc1)c1nc(-c2cc3ccccc3oc2=O)cs1. The number of para-hydroxylation sites is 2. The topological polar surface area (TPSA) is 91.3 Å². The zero-order chi connectivity index (χ0) is 18.6. The van der Waals surface area contributed by atoms with E-state index in [0.717, 1.165) is 11.1 Å². The maximum atomic E-state index is 12.3. The van der Waals surface area contributed by atoms with Crippen LogP contribution in [0.4, 0.5) is 5.69 Å². The molecule has 0 atom stereocenters. The molecule has 0 unspecified atom stereocenters. The van der Waals surface area contributed by atoms with Gasteiger partial charge in [-0.15, -0.1) is 11.3 Å². The van der Waals surface area contributed by atoms with Crippen molar-refractivity contribution < 1.29 is 4.42 Å². The van der Waals surface area contributed by atoms with Crippen molar-refractivity contribution in [1.29, 1.82) is 5.26 Å². The van der Waals surface area contributed by atoms with Gasteiger partial charge in [0.2, 0.25) is 0 Å². The lowest BCUT2D eigenvalue weighted by Crippen LogP contribution is -2.04. The van der Waals surface area contributed by atoms with E-state index in [9.17, 15) is 10.1 Å². The fraction of sp³-hybridized carbons (Fsp3) is 0. The average Bonchev–Trinajstić information content (AvgIpc) is 3.18. The number of nitriles is 1. The van der Waals surface area contributed by atoms with Crippen molar-refractivity contribution in [3.8, 4) is 17.3 Å². The van der Waals surface area contributed by atoms with Crippen molar-refractivity contribution in [2.45, 2.75) is 0 Å². The van der Waals surface area contributed by atoms with Crippen molar-refractivity contribution in [1.82, 2.24) is 4.98 Å². The monoisotopic (exact) mass is 372 g/mol. The highest BCUT2D eigenvalue weighted by Crippen LogP contribution is 2.23. The second kappa shape index (κ2) is 7.23. The third-order valence-corrected chi connectivity index (χ3v) is 4.65. The summed E-state index contributed by atoms with van der Waals surface area (Å²) in [5.74, 6) is 0. The van der Waals surface area contributed by atoms with Gasteiger partial charge < -0.3 is 4.42 Å². The average molecular weight is 372 g/mol. The first-order valence-electron chi connectivity index (χ1n) is 8.02. The van der Waals surface area contributed by atoms with Crippen LogP contribution in [0.3, 0.4) is 0 Å². The molecule has 0 aliphatic carbocycles. The highest BCUT2D eigenvalue weighted by Gasteiger charge is 2.14. The van der Waals surface area contributed by atoms with Crippen LogP contribution in [0.25, 0.3) is 22.2 Å². The summed E-state index contributed by atoms with van der Waals surface area (Å²) in [6.07, 6.45) is 0. The van der Waals surface area contributed by atoms with Gasteiger partial charge in [-0.25, -0.2) is 9.78 Å². The van der Waals surface area contributed by atoms with E-state index in [1.165, 1.54) is 11.3 Å². The van der Waals surface area contributed by atoms with E-state index < -0.39 is 5.63 Å². The summed E-state index contributed by atoms with van der Waals surface area (Å²) in [6, 6.07) is 20.4. The van der Waals surface area contributed by atoms with Crippen molar-refractivity contribution in [2.24, 2.45) is 5.10 Å². The van der Waals surface area contributed by atoms with Crippen LogP contribution in [0.15, 0.2) is 80.4 Å². The Hall–Kier alpha value is -3.76. The van der Waals surface area contributed by atoms with Crippen LogP contribution >= 0.6 is 11.3 Å². The lowest BCUT2D eigenvalue weighted by Gasteiger charge is -2.00. The Balaban J connectivity index is 1.67. The molecule has 0 saturated heterocycles. The largest absolute Gasteiger partial charge is 0.422 e. The van der Waals surface area contributed by atoms with E-state index in [4.69, 9.17) is 4.42 Å². The van der Waals surface area contributed by atoms with E-state index in [2.05, 4.69) is 15.5 Å². The number of hydrogen-bond donors (Lipinski definition) is 1. The van der Waals surface area contributed by atoms with Gasteiger partial charge in [0.05, 0.1) is 16.9 Å². The van der Waals surface area contributed by atoms with Crippen LogP contribution in [-0.4, -0.2) is 10.7 Å². The molecule has 6 nitrogen and oxygen atoms in total. The van der Waals surface area contributed by atoms with Gasteiger partial charge in [-0.05, 0) is 24.3 Å². The Kier molecular flexibility index (Phi) is 4.47. The molecule has 130 valence electrons. The van der Waals surface area contributed by atoms with Gasteiger partial charge in [-0.3, -0.25) is 5.43 Å². The van der Waals surface area contributed by atoms with Crippen LogP contribution in [0, 0.1) is 11.3 Å². The summed E-state index contributed by atoms with van der Waals surface area (Å²) in [7, 11) is 0. The summed E-state index contributed by atoms with van der Waals surface area (Å²) in [5, 5.41) is 16.5. The highest BCUT2D eigenvalue weighted by atomic mass is 32.1. The number of nitrogens with zero attached hydrogens (tertiary/aromatic N) is 3. The molecule has 4 rings (SSSR count). The Morgan fingerprint density at radius 3 is 2.74 bits per heavy atom. The fourth-order valence-corrected chi connectivity index (χ4v) is 3.26. The van der Waals surface area contributed by atoms with E-state index in [0.29, 0.717) is 21.8 Å². The Morgan fingerprint density at radius 1 is 1.15 bits per heavy atom. The van der Waals surface area contributed by atoms with Gasteiger partial charge in [0, 0.05) is 10.8 Å². The van der Waals surface area contributed by atoms with Gasteiger partial charge in [0.15, 0.2) is 10.7 Å². The number of benzene rings is 2. The summed E-state index contributed by atoms with van der Waals surface area (Å²) < 4.78 is 5.35. The zero-order valence-electron chi connectivity index (χ0n) is 13.9. The van der Waals surface area contributed by atoms with Crippen molar-refractivity contribution in [3.63, 3.8) is 0 Å².